The zero-order chi connectivity index (χ0) is 11.5. The van der Waals surface area contributed by atoms with Gasteiger partial charge in [0.15, 0.2) is 0 Å². The fourth-order valence-corrected chi connectivity index (χ4v) is 2.08. The molecule has 16 heavy (non-hydrogen) atoms. The van der Waals surface area contributed by atoms with Gasteiger partial charge in [0, 0.05) is 11.9 Å². The summed E-state index contributed by atoms with van der Waals surface area (Å²) in [5, 5.41) is 0. The van der Waals surface area contributed by atoms with Crippen LogP contribution >= 0.6 is 11.8 Å². The first-order valence-electron chi connectivity index (χ1n) is 5.11. The molecule has 1 heterocycles. The van der Waals surface area contributed by atoms with Gasteiger partial charge in [-0.3, -0.25) is 0 Å². The van der Waals surface area contributed by atoms with E-state index in [2.05, 4.69) is 35.5 Å². The van der Waals surface area contributed by atoms with Crippen LogP contribution in [0.1, 0.15) is 5.82 Å². The maximum absolute atomic E-state index is 5.60. The Labute approximate surface area is 99.7 Å². The summed E-state index contributed by atoms with van der Waals surface area (Å²) in [4.78, 5) is 5.55. The summed E-state index contributed by atoms with van der Waals surface area (Å²) < 4.78 is 2.04. The lowest BCUT2D eigenvalue weighted by atomic mass is 10.2. The number of imidazole rings is 1. The van der Waals surface area contributed by atoms with Crippen LogP contribution in [0.15, 0.2) is 35.4 Å². The summed E-state index contributed by atoms with van der Waals surface area (Å²) in [5.74, 6) is 0.906. The van der Waals surface area contributed by atoms with Gasteiger partial charge in [0.1, 0.15) is 5.82 Å². The van der Waals surface area contributed by atoms with Crippen LogP contribution in [-0.4, -0.2) is 15.8 Å². The first kappa shape index (κ1) is 11.2. The third kappa shape index (κ3) is 1.99. The molecule has 84 valence electrons. The second kappa shape index (κ2) is 4.72. The zero-order valence-corrected chi connectivity index (χ0v) is 10.3. The highest BCUT2D eigenvalue weighted by Crippen LogP contribution is 2.23. The Morgan fingerprint density at radius 1 is 1.31 bits per heavy atom. The van der Waals surface area contributed by atoms with Crippen molar-refractivity contribution in [2.75, 3.05) is 6.26 Å². The van der Waals surface area contributed by atoms with Crippen LogP contribution < -0.4 is 5.73 Å². The summed E-state index contributed by atoms with van der Waals surface area (Å²) in [5.41, 5.74) is 7.88. The molecular weight excluding hydrogens is 218 g/mol. The summed E-state index contributed by atoms with van der Waals surface area (Å²) in [7, 11) is 1.99. The molecule has 2 N–H and O–H groups in total. The monoisotopic (exact) mass is 233 g/mol. The molecule has 0 atom stereocenters. The van der Waals surface area contributed by atoms with Gasteiger partial charge >= 0.3 is 0 Å². The Hall–Kier alpha value is -1.26. The second-order valence-electron chi connectivity index (χ2n) is 3.55. The van der Waals surface area contributed by atoms with Crippen molar-refractivity contribution in [2.45, 2.75) is 11.4 Å². The first-order valence-corrected chi connectivity index (χ1v) is 6.34. The van der Waals surface area contributed by atoms with Crippen LogP contribution in [0.5, 0.6) is 0 Å². The van der Waals surface area contributed by atoms with E-state index in [0.717, 1.165) is 11.5 Å². The van der Waals surface area contributed by atoms with Gasteiger partial charge in [-0.05, 0) is 24.0 Å². The standard InChI is InChI=1S/C12H15N3S/c1-15-11(8-14-12(15)7-13)9-3-5-10(16-2)6-4-9/h3-6,8H,7,13H2,1-2H3. The minimum absolute atomic E-state index is 0.472. The lowest BCUT2D eigenvalue weighted by Crippen LogP contribution is -2.05. The van der Waals surface area contributed by atoms with Crippen molar-refractivity contribution in [3.05, 3.63) is 36.3 Å². The molecule has 2 aromatic rings. The van der Waals surface area contributed by atoms with Crippen LogP contribution in [0.25, 0.3) is 11.3 Å². The van der Waals surface area contributed by atoms with Gasteiger partial charge in [-0.15, -0.1) is 11.8 Å². The highest BCUT2D eigenvalue weighted by molar-refractivity contribution is 7.98. The van der Waals surface area contributed by atoms with Crippen molar-refractivity contribution in [3.8, 4) is 11.3 Å². The van der Waals surface area contributed by atoms with E-state index < -0.39 is 0 Å². The number of rotatable bonds is 3. The predicted molar refractivity (Wildman–Crippen MR) is 68.3 cm³/mol. The predicted octanol–water partition coefficient (Wildman–Crippen LogP) is 2.27. The molecule has 0 aliphatic heterocycles. The van der Waals surface area contributed by atoms with Crippen molar-refractivity contribution in [3.63, 3.8) is 0 Å². The molecule has 0 aliphatic rings. The third-order valence-electron chi connectivity index (χ3n) is 2.65. The van der Waals surface area contributed by atoms with E-state index in [9.17, 15) is 0 Å². The lowest BCUT2D eigenvalue weighted by molar-refractivity contribution is 0.799. The highest BCUT2D eigenvalue weighted by atomic mass is 32.2. The van der Waals surface area contributed by atoms with Gasteiger partial charge in [-0.2, -0.15) is 0 Å². The highest BCUT2D eigenvalue weighted by Gasteiger charge is 2.06. The minimum Gasteiger partial charge on any atom is -0.330 e. The first-order chi connectivity index (χ1) is 7.76. The molecule has 0 saturated heterocycles. The van der Waals surface area contributed by atoms with E-state index in [-0.39, 0.29) is 0 Å². The molecule has 1 aromatic heterocycles. The van der Waals surface area contributed by atoms with E-state index in [0.29, 0.717) is 6.54 Å². The smallest absolute Gasteiger partial charge is 0.122 e. The number of aromatic nitrogens is 2. The second-order valence-corrected chi connectivity index (χ2v) is 4.43. The molecule has 0 aliphatic carbocycles. The SMILES string of the molecule is CSc1ccc(-c2cnc(CN)n2C)cc1. The quantitative estimate of drug-likeness (QED) is 0.827. The van der Waals surface area contributed by atoms with Crippen molar-refractivity contribution in [1.82, 2.24) is 9.55 Å². The van der Waals surface area contributed by atoms with Crippen LogP contribution in [0.2, 0.25) is 0 Å². The summed E-state index contributed by atoms with van der Waals surface area (Å²) in [6, 6.07) is 8.47. The molecule has 0 saturated carbocycles. The van der Waals surface area contributed by atoms with E-state index >= 15 is 0 Å². The molecule has 1 aromatic carbocycles. The molecule has 0 radical (unpaired) electrons. The van der Waals surface area contributed by atoms with Crippen molar-refractivity contribution >= 4 is 11.8 Å². The van der Waals surface area contributed by atoms with E-state index in [1.807, 2.05) is 17.8 Å². The Bertz CT molecular complexity index is 474. The molecule has 0 amide bonds. The van der Waals surface area contributed by atoms with Gasteiger partial charge in [0.25, 0.3) is 0 Å². The fraction of sp³-hybridized carbons (Fsp3) is 0.250. The van der Waals surface area contributed by atoms with E-state index in [4.69, 9.17) is 5.73 Å². The molecule has 0 unspecified atom stereocenters. The van der Waals surface area contributed by atoms with Crippen molar-refractivity contribution in [2.24, 2.45) is 12.8 Å². The number of nitrogens with zero attached hydrogens (tertiary/aromatic N) is 2. The molecule has 0 fully saturated rings. The zero-order valence-electron chi connectivity index (χ0n) is 9.47. The van der Waals surface area contributed by atoms with Gasteiger partial charge < -0.3 is 10.3 Å². The van der Waals surface area contributed by atoms with E-state index in [1.165, 1.54) is 10.5 Å². The Kier molecular flexibility index (Phi) is 3.31. The number of hydrogen-bond acceptors (Lipinski definition) is 3. The van der Waals surface area contributed by atoms with Crippen LogP contribution in [0, 0.1) is 0 Å². The van der Waals surface area contributed by atoms with Gasteiger partial charge in [0.2, 0.25) is 0 Å². The average Bonchev–Trinajstić information content (AvgIpc) is 2.70. The molecular formula is C12H15N3S. The molecule has 3 nitrogen and oxygen atoms in total. The van der Waals surface area contributed by atoms with Gasteiger partial charge in [0.05, 0.1) is 18.4 Å². The number of hydrogen-bond donors (Lipinski definition) is 1. The van der Waals surface area contributed by atoms with Crippen LogP contribution in [0.4, 0.5) is 0 Å². The number of benzene rings is 1. The van der Waals surface area contributed by atoms with Crippen LogP contribution in [-0.2, 0) is 13.6 Å². The topological polar surface area (TPSA) is 43.8 Å². The normalized spacial score (nSPS) is 10.7. The third-order valence-corrected chi connectivity index (χ3v) is 3.40. The summed E-state index contributed by atoms with van der Waals surface area (Å²) in [6.07, 6.45) is 3.95. The average molecular weight is 233 g/mol. The van der Waals surface area contributed by atoms with Crippen molar-refractivity contribution < 1.29 is 0 Å². The molecule has 0 bridgehead atoms. The maximum atomic E-state index is 5.60. The molecule has 4 heteroatoms. The number of nitrogens with two attached hydrogens (primary N) is 1. The molecule has 2 rings (SSSR count). The Balaban J connectivity index is 2.38. The van der Waals surface area contributed by atoms with Gasteiger partial charge in [-0.25, -0.2) is 4.98 Å². The Morgan fingerprint density at radius 2 is 2.00 bits per heavy atom. The summed E-state index contributed by atoms with van der Waals surface area (Å²) >= 11 is 1.74. The Morgan fingerprint density at radius 3 is 2.50 bits per heavy atom. The molecule has 0 spiro atoms. The van der Waals surface area contributed by atoms with E-state index in [1.54, 1.807) is 11.8 Å². The van der Waals surface area contributed by atoms with Crippen molar-refractivity contribution in [1.29, 1.82) is 0 Å². The largest absolute Gasteiger partial charge is 0.330 e. The number of thioether (sulfide) groups is 1. The lowest BCUT2D eigenvalue weighted by Gasteiger charge is -2.05. The maximum Gasteiger partial charge on any atom is 0.122 e. The fourth-order valence-electron chi connectivity index (χ4n) is 1.67. The van der Waals surface area contributed by atoms with Gasteiger partial charge in [-0.1, -0.05) is 12.1 Å². The minimum atomic E-state index is 0.472. The summed E-state index contributed by atoms with van der Waals surface area (Å²) in [6.45, 7) is 0.472. The van der Waals surface area contributed by atoms with Crippen LogP contribution in [0.3, 0.4) is 0 Å².